The van der Waals surface area contributed by atoms with Crippen LogP contribution in [0.25, 0.3) is 0 Å². The monoisotopic (exact) mass is 507 g/mol. The van der Waals surface area contributed by atoms with Gasteiger partial charge >= 0.3 is 11.9 Å². The Morgan fingerprint density at radius 3 is 2.67 bits per heavy atom. The first-order chi connectivity index (χ1) is 17.1. The molecular weight excluding hydrogens is 489 g/mol. The molecule has 0 radical (unpaired) electrons. The topological polar surface area (TPSA) is 65.8 Å². The van der Waals surface area contributed by atoms with Gasteiger partial charge in [0, 0.05) is 19.2 Å². The summed E-state index contributed by atoms with van der Waals surface area (Å²) in [6.45, 7) is 0.713. The Labute approximate surface area is 200 Å². The van der Waals surface area contributed by atoms with Crippen molar-refractivity contribution >= 4 is 5.82 Å². The van der Waals surface area contributed by atoms with Crippen LogP contribution in [-0.4, -0.2) is 34.0 Å². The van der Waals surface area contributed by atoms with Crippen LogP contribution in [0, 0.1) is 11.6 Å². The minimum absolute atomic E-state index is 0.108. The molecule has 1 spiro atoms. The van der Waals surface area contributed by atoms with Gasteiger partial charge in [-0.05, 0) is 42.0 Å². The predicted molar refractivity (Wildman–Crippen MR) is 115 cm³/mol. The van der Waals surface area contributed by atoms with E-state index in [1.807, 2.05) is 0 Å². The van der Waals surface area contributed by atoms with Gasteiger partial charge in [-0.3, -0.25) is 4.57 Å². The van der Waals surface area contributed by atoms with Gasteiger partial charge in [-0.15, -0.1) is 0 Å². The first kappa shape index (κ1) is 22.9. The van der Waals surface area contributed by atoms with E-state index in [0.29, 0.717) is 25.6 Å². The molecule has 0 N–H and O–H groups in total. The van der Waals surface area contributed by atoms with Gasteiger partial charge in [0.15, 0.2) is 23.7 Å². The molecule has 188 valence electrons. The first-order valence-electron chi connectivity index (χ1n) is 11.1. The first-order valence-corrected chi connectivity index (χ1v) is 11.1. The molecule has 2 aromatic carbocycles. The van der Waals surface area contributed by atoms with Crippen LogP contribution >= 0.6 is 0 Å². The summed E-state index contributed by atoms with van der Waals surface area (Å²) in [4.78, 5) is 18.1. The molecule has 36 heavy (non-hydrogen) atoms. The Kier molecular flexibility index (Phi) is 5.09. The number of rotatable bonds is 5. The van der Waals surface area contributed by atoms with Gasteiger partial charge in [-0.2, -0.15) is 13.2 Å². The lowest BCUT2D eigenvalue weighted by atomic mass is 9.98. The van der Waals surface area contributed by atoms with E-state index in [1.165, 1.54) is 12.3 Å². The van der Waals surface area contributed by atoms with Crippen LogP contribution in [0.1, 0.15) is 17.5 Å². The van der Waals surface area contributed by atoms with Crippen LogP contribution in [0.5, 0.6) is 11.5 Å². The summed E-state index contributed by atoms with van der Waals surface area (Å²) in [7, 11) is 0. The summed E-state index contributed by atoms with van der Waals surface area (Å²) in [5.41, 5.74) is -1.86. The number of hydrogen-bond donors (Lipinski definition) is 0. The number of nitrogens with zero attached hydrogens (tertiary/aromatic N) is 3. The molecule has 3 aliphatic rings. The van der Waals surface area contributed by atoms with E-state index < -0.39 is 41.0 Å². The van der Waals surface area contributed by atoms with Crippen LogP contribution in [0.2, 0.25) is 0 Å². The van der Waals surface area contributed by atoms with Crippen LogP contribution in [0.4, 0.5) is 27.8 Å². The molecule has 4 heterocycles. The van der Waals surface area contributed by atoms with Crippen LogP contribution in [0.15, 0.2) is 53.5 Å². The zero-order valence-corrected chi connectivity index (χ0v) is 18.5. The van der Waals surface area contributed by atoms with Crippen molar-refractivity contribution in [3.8, 4) is 11.5 Å². The average molecular weight is 507 g/mol. The number of ether oxygens (including phenoxy) is 3. The van der Waals surface area contributed by atoms with E-state index in [1.54, 1.807) is 10.6 Å². The second-order valence-electron chi connectivity index (χ2n) is 9.01. The molecule has 0 amide bonds. The summed E-state index contributed by atoms with van der Waals surface area (Å²) < 4.78 is 86.6. The van der Waals surface area contributed by atoms with Crippen molar-refractivity contribution in [1.29, 1.82) is 0 Å². The molecule has 3 aliphatic heterocycles. The molecule has 7 nitrogen and oxygen atoms in total. The van der Waals surface area contributed by atoms with Crippen LogP contribution in [0.3, 0.4) is 0 Å². The number of aromatic nitrogens is 2. The maximum Gasteiger partial charge on any atom is 0.416 e. The zero-order valence-electron chi connectivity index (χ0n) is 18.5. The summed E-state index contributed by atoms with van der Waals surface area (Å²) in [6, 6.07) is 7.48. The SMILES string of the molecule is O=c1nccc2n1CC13CC(CN21)OC3OCc1cc(F)c(Oc2cccc(C(F)(F)F)c2)c(F)c1. The molecule has 2 bridgehead atoms. The lowest BCUT2D eigenvalue weighted by Crippen LogP contribution is -2.54. The smallest absolute Gasteiger partial charge is 0.416 e. The average Bonchev–Trinajstić information content (AvgIpc) is 3.46. The Bertz CT molecular complexity index is 1390. The summed E-state index contributed by atoms with van der Waals surface area (Å²) in [5, 5.41) is 0. The zero-order chi connectivity index (χ0) is 25.2. The molecule has 3 unspecified atom stereocenters. The molecule has 2 fully saturated rings. The molecule has 0 saturated carbocycles. The van der Waals surface area contributed by atoms with E-state index in [-0.39, 0.29) is 29.7 Å². The fourth-order valence-electron chi connectivity index (χ4n) is 5.21. The van der Waals surface area contributed by atoms with Gasteiger partial charge < -0.3 is 19.1 Å². The van der Waals surface area contributed by atoms with Crippen LogP contribution in [-0.2, 0) is 28.8 Å². The highest BCUT2D eigenvalue weighted by molar-refractivity contribution is 5.51. The number of morpholine rings is 1. The normalized spacial score (nSPS) is 24.2. The highest BCUT2D eigenvalue weighted by Gasteiger charge is 2.63. The molecule has 1 aromatic heterocycles. The van der Waals surface area contributed by atoms with Gasteiger partial charge in [0.05, 0.1) is 24.8 Å². The predicted octanol–water partition coefficient (Wildman–Crippen LogP) is 4.24. The van der Waals surface area contributed by atoms with E-state index in [2.05, 4.69) is 9.88 Å². The van der Waals surface area contributed by atoms with E-state index >= 15 is 0 Å². The Hall–Kier alpha value is -3.51. The summed E-state index contributed by atoms with van der Waals surface area (Å²) in [6.07, 6.45) is -3.40. The third-order valence-electron chi connectivity index (χ3n) is 6.72. The second-order valence-corrected chi connectivity index (χ2v) is 9.01. The van der Waals surface area contributed by atoms with Crippen molar-refractivity contribution in [3.63, 3.8) is 0 Å². The largest absolute Gasteiger partial charge is 0.451 e. The van der Waals surface area contributed by atoms with E-state index in [0.717, 1.165) is 30.1 Å². The number of anilines is 1. The summed E-state index contributed by atoms with van der Waals surface area (Å²) in [5.74, 6) is -2.64. The van der Waals surface area contributed by atoms with Crippen molar-refractivity contribution < 1.29 is 36.2 Å². The van der Waals surface area contributed by atoms with Gasteiger partial charge in [-0.1, -0.05) is 6.07 Å². The maximum absolute atomic E-state index is 14.7. The number of alkyl halides is 3. The van der Waals surface area contributed by atoms with Gasteiger partial charge in [0.1, 0.15) is 17.1 Å². The molecule has 6 rings (SSSR count). The minimum Gasteiger partial charge on any atom is -0.451 e. The number of hydrogen-bond acceptors (Lipinski definition) is 6. The Morgan fingerprint density at radius 1 is 1.14 bits per heavy atom. The molecular formula is C24H18F5N3O4. The standard InChI is InChI=1S/C24H18F5N3O4/c25-17-6-13(7-18(26)20(17)35-15-3-1-2-14(8-15)24(27,28)29)11-34-21-23-9-16(36-21)10-32(23)19-4-5-30-22(33)31(19)12-23/h1-8,16,21H,9-12H2. The van der Waals surface area contributed by atoms with Gasteiger partial charge in [0.25, 0.3) is 0 Å². The third-order valence-corrected chi connectivity index (χ3v) is 6.72. The molecule has 0 aliphatic carbocycles. The lowest BCUT2D eigenvalue weighted by molar-refractivity contribution is -0.174. The van der Waals surface area contributed by atoms with Crippen molar-refractivity contribution in [2.75, 3.05) is 11.4 Å². The third kappa shape index (κ3) is 3.63. The molecule has 12 heteroatoms. The number of halogens is 5. The highest BCUT2D eigenvalue weighted by Crippen LogP contribution is 2.50. The number of benzene rings is 2. The summed E-state index contributed by atoms with van der Waals surface area (Å²) >= 11 is 0. The highest BCUT2D eigenvalue weighted by atomic mass is 19.4. The van der Waals surface area contributed by atoms with Crippen molar-refractivity contribution in [2.45, 2.75) is 43.7 Å². The second kappa shape index (κ2) is 8.00. The van der Waals surface area contributed by atoms with Gasteiger partial charge in [-0.25, -0.2) is 18.6 Å². The van der Waals surface area contributed by atoms with E-state index in [9.17, 15) is 26.7 Å². The number of fused-ring (bicyclic) bond motifs is 3. The lowest BCUT2D eigenvalue weighted by Gasteiger charge is -2.38. The van der Waals surface area contributed by atoms with Crippen LogP contribution < -0.4 is 15.3 Å². The molecule has 3 aromatic rings. The Morgan fingerprint density at radius 2 is 1.92 bits per heavy atom. The van der Waals surface area contributed by atoms with Crippen molar-refractivity contribution in [1.82, 2.24) is 9.55 Å². The molecule has 3 atom stereocenters. The maximum atomic E-state index is 14.7. The fraction of sp³-hybridized carbons (Fsp3) is 0.333. The molecule has 2 saturated heterocycles. The van der Waals surface area contributed by atoms with Gasteiger partial charge in [0.2, 0.25) is 0 Å². The van der Waals surface area contributed by atoms with E-state index in [4.69, 9.17) is 14.2 Å². The van der Waals surface area contributed by atoms with Crippen molar-refractivity contribution in [2.24, 2.45) is 0 Å². The quantitative estimate of drug-likeness (QED) is 0.482. The Balaban J connectivity index is 1.18. The minimum atomic E-state index is -4.63. The van der Waals surface area contributed by atoms with Crippen molar-refractivity contribution in [3.05, 3.63) is 81.9 Å². The fourth-order valence-corrected chi connectivity index (χ4v) is 5.21.